The van der Waals surface area contributed by atoms with E-state index in [0.29, 0.717) is 10.8 Å². The quantitative estimate of drug-likeness (QED) is 0.748. The molecule has 1 atom stereocenters. The number of halogens is 1. The molecule has 6 nitrogen and oxygen atoms in total. The fraction of sp³-hybridized carbons (Fsp3) is 0.263. The molecule has 1 amide bonds. The van der Waals surface area contributed by atoms with Crippen LogP contribution in [0.15, 0.2) is 42.5 Å². The van der Waals surface area contributed by atoms with Crippen LogP contribution >= 0.6 is 11.6 Å². The highest BCUT2D eigenvalue weighted by molar-refractivity contribution is 6.30. The molecule has 0 aliphatic carbocycles. The molecule has 26 heavy (non-hydrogen) atoms. The van der Waals surface area contributed by atoms with Gasteiger partial charge in [-0.05, 0) is 36.8 Å². The van der Waals surface area contributed by atoms with Gasteiger partial charge in [-0.3, -0.25) is 4.79 Å². The zero-order chi connectivity index (χ0) is 19.1. The zero-order valence-electron chi connectivity index (χ0n) is 14.7. The van der Waals surface area contributed by atoms with Crippen molar-refractivity contribution in [1.29, 1.82) is 0 Å². The van der Waals surface area contributed by atoms with Crippen LogP contribution in [0.3, 0.4) is 0 Å². The van der Waals surface area contributed by atoms with Crippen molar-refractivity contribution in [2.45, 2.75) is 13.0 Å². The van der Waals surface area contributed by atoms with Gasteiger partial charge >= 0.3 is 5.97 Å². The summed E-state index contributed by atoms with van der Waals surface area (Å²) in [5.41, 5.74) is 1.04. The lowest BCUT2D eigenvalue weighted by Crippen LogP contribution is -2.31. The maximum absolute atomic E-state index is 12.2. The number of hydrogen-bond donors (Lipinski definition) is 1. The molecule has 2 rings (SSSR count). The summed E-state index contributed by atoms with van der Waals surface area (Å²) in [4.78, 5) is 24.3. The Balaban J connectivity index is 1.96. The van der Waals surface area contributed by atoms with E-state index in [1.165, 1.54) is 20.3 Å². The van der Waals surface area contributed by atoms with Gasteiger partial charge in [0, 0.05) is 5.02 Å². The van der Waals surface area contributed by atoms with Crippen molar-refractivity contribution in [3.05, 3.63) is 58.6 Å². The number of ether oxygens (including phenoxy) is 3. The Hall–Kier alpha value is -2.73. The maximum Gasteiger partial charge on any atom is 0.342 e. The molecule has 0 saturated heterocycles. The molecule has 0 aliphatic heterocycles. The minimum atomic E-state index is -0.675. The Morgan fingerprint density at radius 3 is 2.50 bits per heavy atom. The Bertz CT molecular complexity index is 793. The predicted molar refractivity (Wildman–Crippen MR) is 97.8 cm³/mol. The summed E-state index contributed by atoms with van der Waals surface area (Å²) >= 11 is 5.95. The van der Waals surface area contributed by atoms with Gasteiger partial charge in [-0.2, -0.15) is 0 Å². The molecule has 0 aromatic heterocycles. The maximum atomic E-state index is 12.2. The predicted octanol–water partition coefficient (Wildman–Crippen LogP) is 3.39. The molecule has 2 aromatic carbocycles. The van der Waals surface area contributed by atoms with Crippen molar-refractivity contribution in [3.63, 3.8) is 0 Å². The number of benzene rings is 2. The van der Waals surface area contributed by atoms with Crippen LogP contribution in [0.5, 0.6) is 11.5 Å². The first-order valence-electron chi connectivity index (χ1n) is 7.89. The molecule has 1 N–H and O–H groups in total. The van der Waals surface area contributed by atoms with Crippen LogP contribution in [0, 0.1) is 0 Å². The van der Waals surface area contributed by atoms with Gasteiger partial charge in [0.2, 0.25) is 0 Å². The highest BCUT2D eigenvalue weighted by atomic mass is 35.5. The Labute approximate surface area is 157 Å². The minimum absolute atomic E-state index is 0.183. The summed E-state index contributed by atoms with van der Waals surface area (Å²) in [6.07, 6.45) is 0. The van der Waals surface area contributed by atoms with Crippen LogP contribution in [0.2, 0.25) is 5.02 Å². The Morgan fingerprint density at radius 2 is 1.85 bits per heavy atom. The van der Waals surface area contributed by atoms with Gasteiger partial charge < -0.3 is 19.5 Å². The lowest BCUT2D eigenvalue weighted by molar-refractivity contribution is -0.124. The van der Waals surface area contributed by atoms with Gasteiger partial charge in [-0.25, -0.2) is 4.79 Å². The smallest absolute Gasteiger partial charge is 0.342 e. The summed E-state index contributed by atoms with van der Waals surface area (Å²) in [5.74, 6) is -0.437. The second-order valence-corrected chi connectivity index (χ2v) is 5.90. The molecule has 0 fully saturated rings. The van der Waals surface area contributed by atoms with Crippen molar-refractivity contribution in [2.24, 2.45) is 0 Å². The molecule has 0 radical (unpaired) electrons. The van der Waals surface area contributed by atoms with Crippen LogP contribution in [0.1, 0.15) is 28.9 Å². The second-order valence-electron chi connectivity index (χ2n) is 5.46. The van der Waals surface area contributed by atoms with E-state index in [0.717, 1.165) is 5.56 Å². The standard InChI is InChI=1S/C19H20ClNO5/c1-12(13-6-4-7-14(20)10-13)21-17(22)11-26-19(23)15-8-5-9-16(24-2)18(15)25-3/h4-10,12H,11H2,1-3H3,(H,21,22)/t12-/m0/s1. The van der Waals surface area contributed by atoms with E-state index in [1.54, 1.807) is 30.3 Å². The zero-order valence-corrected chi connectivity index (χ0v) is 15.5. The van der Waals surface area contributed by atoms with E-state index in [4.69, 9.17) is 25.8 Å². The van der Waals surface area contributed by atoms with Crippen LogP contribution in [-0.2, 0) is 9.53 Å². The topological polar surface area (TPSA) is 73.9 Å². The highest BCUT2D eigenvalue weighted by Crippen LogP contribution is 2.31. The highest BCUT2D eigenvalue weighted by Gasteiger charge is 2.19. The molecule has 0 heterocycles. The van der Waals surface area contributed by atoms with Gasteiger partial charge in [0.25, 0.3) is 5.91 Å². The Morgan fingerprint density at radius 1 is 1.12 bits per heavy atom. The van der Waals surface area contributed by atoms with Gasteiger partial charge in [0.15, 0.2) is 18.1 Å². The van der Waals surface area contributed by atoms with Crippen LogP contribution in [0.25, 0.3) is 0 Å². The van der Waals surface area contributed by atoms with Crippen molar-refractivity contribution >= 4 is 23.5 Å². The van der Waals surface area contributed by atoms with E-state index >= 15 is 0 Å². The normalized spacial score (nSPS) is 11.4. The number of esters is 1. The number of nitrogens with one attached hydrogen (secondary N) is 1. The third kappa shape index (κ3) is 4.89. The first-order valence-corrected chi connectivity index (χ1v) is 8.27. The van der Waals surface area contributed by atoms with Crippen molar-refractivity contribution in [2.75, 3.05) is 20.8 Å². The van der Waals surface area contributed by atoms with Gasteiger partial charge in [-0.15, -0.1) is 0 Å². The van der Waals surface area contributed by atoms with E-state index in [2.05, 4.69) is 5.32 Å². The third-order valence-electron chi connectivity index (χ3n) is 3.68. The van der Waals surface area contributed by atoms with Crippen LogP contribution in [-0.4, -0.2) is 32.7 Å². The molecule has 2 aromatic rings. The summed E-state index contributed by atoms with van der Waals surface area (Å²) < 4.78 is 15.4. The van der Waals surface area contributed by atoms with Gasteiger partial charge in [0.1, 0.15) is 5.56 Å². The van der Waals surface area contributed by atoms with Crippen molar-refractivity contribution in [3.8, 4) is 11.5 Å². The molecule has 0 bridgehead atoms. The molecule has 0 saturated carbocycles. The van der Waals surface area contributed by atoms with Gasteiger partial charge in [-0.1, -0.05) is 29.8 Å². The molecular formula is C19H20ClNO5. The Kier molecular flexibility index (Phi) is 6.86. The summed E-state index contributed by atoms with van der Waals surface area (Å²) in [7, 11) is 2.89. The molecule has 0 unspecified atom stereocenters. The van der Waals surface area contributed by atoms with E-state index < -0.39 is 18.5 Å². The van der Waals surface area contributed by atoms with E-state index in [1.807, 2.05) is 13.0 Å². The molecule has 138 valence electrons. The number of carbonyl (C=O) groups excluding carboxylic acids is 2. The van der Waals surface area contributed by atoms with Crippen molar-refractivity contribution < 1.29 is 23.8 Å². The lowest BCUT2D eigenvalue weighted by atomic mass is 10.1. The summed E-state index contributed by atoms with van der Waals surface area (Å²) in [5, 5.41) is 3.33. The van der Waals surface area contributed by atoms with E-state index in [-0.39, 0.29) is 17.4 Å². The lowest BCUT2D eigenvalue weighted by Gasteiger charge is -2.15. The second kappa shape index (κ2) is 9.10. The monoisotopic (exact) mass is 377 g/mol. The first-order chi connectivity index (χ1) is 12.5. The fourth-order valence-corrected chi connectivity index (χ4v) is 2.60. The SMILES string of the molecule is COc1cccc(C(=O)OCC(=O)N[C@@H](C)c2cccc(Cl)c2)c1OC. The number of methoxy groups -OCH3 is 2. The minimum Gasteiger partial charge on any atom is -0.493 e. The third-order valence-corrected chi connectivity index (χ3v) is 3.92. The van der Waals surface area contributed by atoms with Crippen LogP contribution in [0.4, 0.5) is 0 Å². The fourth-order valence-electron chi connectivity index (χ4n) is 2.40. The van der Waals surface area contributed by atoms with E-state index in [9.17, 15) is 9.59 Å². The largest absolute Gasteiger partial charge is 0.493 e. The summed E-state index contributed by atoms with van der Waals surface area (Å²) in [6.45, 7) is 1.40. The number of rotatable bonds is 7. The number of para-hydroxylation sites is 1. The van der Waals surface area contributed by atoms with Crippen LogP contribution < -0.4 is 14.8 Å². The number of hydrogen-bond acceptors (Lipinski definition) is 5. The average Bonchev–Trinajstić information content (AvgIpc) is 2.65. The average molecular weight is 378 g/mol. The van der Waals surface area contributed by atoms with Gasteiger partial charge in [0.05, 0.1) is 20.3 Å². The number of carbonyl (C=O) groups is 2. The molecule has 0 spiro atoms. The molecular weight excluding hydrogens is 358 g/mol. The first kappa shape index (κ1) is 19.6. The molecule has 7 heteroatoms. The number of amides is 1. The molecule has 0 aliphatic rings. The summed E-state index contributed by atoms with van der Waals surface area (Å²) in [6, 6.07) is 11.7. The van der Waals surface area contributed by atoms with Crippen molar-refractivity contribution in [1.82, 2.24) is 5.32 Å².